The van der Waals surface area contributed by atoms with Gasteiger partial charge in [0.2, 0.25) is 0 Å². The summed E-state index contributed by atoms with van der Waals surface area (Å²) in [5.74, 6) is 0. The molecule has 0 atom stereocenters. The molecule has 0 saturated carbocycles. The molecule has 0 spiro atoms. The van der Waals surface area contributed by atoms with E-state index in [-0.39, 0.29) is 0 Å². The lowest BCUT2D eigenvalue weighted by Crippen LogP contribution is -2.28. The Kier molecular flexibility index (Phi) is 7.79. The van der Waals surface area contributed by atoms with Gasteiger partial charge in [-0.3, -0.25) is 0 Å². The molecule has 0 aliphatic heterocycles. The number of hydrogen-bond donors (Lipinski definition) is 1. The molecule has 5 aromatic rings. The third kappa shape index (κ3) is 5.62. The Hall–Kier alpha value is -4.46. The van der Waals surface area contributed by atoms with Gasteiger partial charge in [0, 0.05) is 11.1 Å². The van der Waals surface area contributed by atoms with Crippen LogP contribution in [0.2, 0.25) is 0 Å². The molecule has 1 nitrogen and oxygen atoms in total. The van der Waals surface area contributed by atoms with E-state index in [0.29, 0.717) is 0 Å². The zero-order valence-electron chi connectivity index (χ0n) is 28.2. The number of aliphatic hydroxyl groups is 1. The van der Waals surface area contributed by atoms with E-state index in [4.69, 9.17) is 0 Å². The van der Waals surface area contributed by atoms with Gasteiger partial charge in [-0.15, -0.1) is 0 Å². The summed E-state index contributed by atoms with van der Waals surface area (Å²) in [6.45, 7) is 19.4. The number of aryl methyl sites for hydroxylation is 9. The Balaban J connectivity index is 1.91. The Morgan fingerprint density at radius 2 is 0.667 bits per heavy atom. The molecule has 0 heterocycles. The minimum Gasteiger partial charge on any atom is -0.376 e. The summed E-state index contributed by atoms with van der Waals surface area (Å²) < 4.78 is 0. The van der Waals surface area contributed by atoms with Crippen LogP contribution in [0.1, 0.15) is 77.9 Å². The third-order valence-corrected chi connectivity index (χ3v) is 8.95. The summed E-state index contributed by atoms with van der Waals surface area (Å²) in [6.07, 6.45) is 0. The van der Waals surface area contributed by atoms with E-state index >= 15 is 0 Å². The molecular weight excluding hydrogens is 544 g/mol. The standard InChI is InChI=1S/C44H44O/c1-26-11-10-12-39(25-26)44(45)42(37-21-31(6)15-32(7)22-37)40(35-17-27(2)13-28(3)18-35)41(36-19-29(4)14-30(5)20-36)43(44)38-23-33(8)16-34(9)24-38/h10-25,45H,1-9H3. The van der Waals surface area contributed by atoms with Gasteiger partial charge in [0.25, 0.3) is 0 Å². The van der Waals surface area contributed by atoms with Crippen LogP contribution in [-0.4, -0.2) is 5.11 Å². The topological polar surface area (TPSA) is 20.2 Å². The fourth-order valence-corrected chi connectivity index (χ4v) is 7.66. The highest BCUT2D eigenvalue weighted by Crippen LogP contribution is 2.61. The van der Waals surface area contributed by atoms with Gasteiger partial charge in [0.1, 0.15) is 5.60 Å². The van der Waals surface area contributed by atoms with E-state index in [0.717, 1.165) is 55.7 Å². The fourth-order valence-electron chi connectivity index (χ4n) is 7.66. The molecular formula is C44H44O. The summed E-state index contributed by atoms with van der Waals surface area (Å²) in [5.41, 5.74) is 18.5. The molecule has 1 heteroatoms. The molecule has 226 valence electrons. The van der Waals surface area contributed by atoms with Gasteiger partial charge >= 0.3 is 0 Å². The number of hydrogen-bond acceptors (Lipinski definition) is 1. The Morgan fingerprint density at radius 3 is 0.978 bits per heavy atom. The maximum absolute atomic E-state index is 13.9. The third-order valence-electron chi connectivity index (χ3n) is 8.95. The molecule has 0 radical (unpaired) electrons. The Labute approximate surface area is 269 Å². The fraction of sp³-hybridized carbons (Fsp3) is 0.227. The van der Waals surface area contributed by atoms with Crippen LogP contribution in [0.25, 0.3) is 22.3 Å². The summed E-state index contributed by atoms with van der Waals surface area (Å²) in [7, 11) is 0. The lowest BCUT2D eigenvalue weighted by Gasteiger charge is -2.33. The van der Waals surface area contributed by atoms with E-state index in [1.807, 2.05) is 0 Å². The number of allylic oxidation sites excluding steroid dienone is 2. The van der Waals surface area contributed by atoms with Crippen LogP contribution in [0.3, 0.4) is 0 Å². The molecule has 0 unspecified atom stereocenters. The van der Waals surface area contributed by atoms with Crippen molar-refractivity contribution in [2.45, 2.75) is 67.9 Å². The van der Waals surface area contributed by atoms with Crippen LogP contribution in [0.5, 0.6) is 0 Å². The molecule has 45 heavy (non-hydrogen) atoms. The molecule has 1 aliphatic carbocycles. The molecule has 0 fully saturated rings. The van der Waals surface area contributed by atoms with Crippen molar-refractivity contribution in [1.82, 2.24) is 0 Å². The molecule has 5 aromatic carbocycles. The highest BCUT2D eigenvalue weighted by atomic mass is 16.3. The lowest BCUT2D eigenvalue weighted by molar-refractivity contribution is 0.167. The van der Waals surface area contributed by atoms with E-state index in [1.165, 1.54) is 44.5 Å². The molecule has 0 saturated heterocycles. The van der Waals surface area contributed by atoms with Crippen molar-refractivity contribution in [3.8, 4) is 0 Å². The Bertz CT molecular complexity index is 1840. The summed E-state index contributed by atoms with van der Waals surface area (Å²) in [4.78, 5) is 0. The van der Waals surface area contributed by atoms with Crippen LogP contribution in [-0.2, 0) is 5.60 Å². The van der Waals surface area contributed by atoms with Gasteiger partial charge in [-0.05, 0) is 101 Å². The van der Waals surface area contributed by atoms with Crippen molar-refractivity contribution in [3.63, 3.8) is 0 Å². The van der Waals surface area contributed by atoms with Gasteiger partial charge in [-0.1, -0.05) is 147 Å². The van der Waals surface area contributed by atoms with E-state index in [9.17, 15) is 5.11 Å². The van der Waals surface area contributed by atoms with Crippen molar-refractivity contribution in [2.24, 2.45) is 0 Å². The molecule has 6 rings (SSSR count). The largest absolute Gasteiger partial charge is 0.376 e. The van der Waals surface area contributed by atoms with Gasteiger partial charge in [0.15, 0.2) is 0 Å². The minimum atomic E-state index is -1.42. The first kappa shape index (κ1) is 30.6. The van der Waals surface area contributed by atoms with Crippen molar-refractivity contribution >= 4 is 22.3 Å². The van der Waals surface area contributed by atoms with Crippen molar-refractivity contribution < 1.29 is 5.11 Å². The van der Waals surface area contributed by atoms with E-state index < -0.39 is 5.60 Å². The molecule has 1 N–H and O–H groups in total. The molecule has 1 aliphatic rings. The Morgan fingerprint density at radius 1 is 0.356 bits per heavy atom. The summed E-state index contributed by atoms with van der Waals surface area (Å²) in [6, 6.07) is 35.5. The maximum atomic E-state index is 13.9. The summed E-state index contributed by atoms with van der Waals surface area (Å²) in [5, 5.41) is 13.9. The van der Waals surface area contributed by atoms with Gasteiger partial charge in [-0.2, -0.15) is 0 Å². The summed E-state index contributed by atoms with van der Waals surface area (Å²) >= 11 is 0. The van der Waals surface area contributed by atoms with Crippen LogP contribution in [0.4, 0.5) is 0 Å². The van der Waals surface area contributed by atoms with Gasteiger partial charge in [-0.25, -0.2) is 0 Å². The van der Waals surface area contributed by atoms with Crippen molar-refractivity contribution in [2.75, 3.05) is 0 Å². The van der Waals surface area contributed by atoms with Crippen LogP contribution < -0.4 is 0 Å². The van der Waals surface area contributed by atoms with Crippen LogP contribution in [0, 0.1) is 62.3 Å². The van der Waals surface area contributed by atoms with Crippen LogP contribution in [0.15, 0.2) is 97.1 Å². The van der Waals surface area contributed by atoms with Crippen molar-refractivity contribution in [1.29, 1.82) is 0 Å². The normalized spacial score (nSPS) is 14.4. The second-order valence-electron chi connectivity index (χ2n) is 13.6. The average molecular weight is 589 g/mol. The average Bonchev–Trinajstić information content (AvgIpc) is 3.21. The SMILES string of the molecule is Cc1cc(C)cc(C2=C(c3cc(C)cc(C)c3)C(O)(c3cccc(C)c3)C(c3cc(C)cc(C)c3)=C2c2cc(C)cc(C)c2)c1. The zero-order chi connectivity index (χ0) is 32.2. The molecule has 0 aromatic heterocycles. The van der Waals surface area contributed by atoms with Gasteiger partial charge < -0.3 is 5.11 Å². The quantitative estimate of drug-likeness (QED) is 0.216. The predicted octanol–water partition coefficient (Wildman–Crippen LogP) is 10.9. The maximum Gasteiger partial charge on any atom is 0.142 e. The van der Waals surface area contributed by atoms with Crippen LogP contribution >= 0.6 is 0 Å². The highest BCUT2D eigenvalue weighted by Gasteiger charge is 2.49. The first-order chi connectivity index (χ1) is 21.3. The number of rotatable bonds is 5. The number of benzene rings is 5. The van der Waals surface area contributed by atoms with E-state index in [1.54, 1.807) is 0 Å². The zero-order valence-corrected chi connectivity index (χ0v) is 28.2. The highest BCUT2D eigenvalue weighted by molar-refractivity contribution is 6.31. The first-order valence-corrected chi connectivity index (χ1v) is 16.0. The molecule has 0 bridgehead atoms. The lowest BCUT2D eigenvalue weighted by atomic mass is 9.75. The molecule has 0 amide bonds. The van der Waals surface area contributed by atoms with Crippen molar-refractivity contribution in [3.05, 3.63) is 175 Å². The second-order valence-corrected chi connectivity index (χ2v) is 13.6. The first-order valence-electron chi connectivity index (χ1n) is 16.0. The smallest absolute Gasteiger partial charge is 0.142 e. The monoisotopic (exact) mass is 588 g/mol. The second kappa shape index (κ2) is 11.5. The van der Waals surface area contributed by atoms with Gasteiger partial charge in [0.05, 0.1) is 0 Å². The van der Waals surface area contributed by atoms with E-state index in [2.05, 4.69) is 159 Å². The predicted molar refractivity (Wildman–Crippen MR) is 192 cm³/mol. The minimum absolute atomic E-state index is 0.882.